The molecule has 2 amide bonds. The number of anilines is 1. The molecule has 4 rings (SSSR count). The molecule has 3 aromatic rings. The van der Waals surface area contributed by atoms with Gasteiger partial charge in [0.15, 0.2) is 0 Å². The topological polar surface area (TPSA) is 118 Å². The lowest BCUT2D eigenvalue weighted by Gasteiger charge is -2.21. The van der Waals surface area contributed by atoms with Gasteiger partial charge in [-0.15, -0.1) is 0 Å². The molecule has 0 spiro atoms. The van der Waals surface area contributed by atoms with Crippen LogP contribution in [0.1, 0.15) is 43.0 Å². The molecular weight excluding hydrogens is 442 g/mol. The molecule has 1 unspecified atom stereocenters. The molecular formula is C26H27N7O2. The summed E-state index contributed by atoms with van der Waals surface area (Å²) >= 11 is 0. The number of carbonyl (C=O) groups is 2. The number of hydrogen-bond acceptors (Lipinski definition) is 6. The van der Waals surface area contributed by atoms with Gasteiger partial charge in [0.2, 0.25) is 0 Å². The zero-order valence-corrected chi connectivity index (χ0v) is 20.1. The quantitative estimate of drug-likeness (QED) is 0.570. The number of aliphatic imine (C=N–C) groups is 1. The first-order chi connectivity index (χ1) is 16.8. The Labute approximate surface area is 203 Å². The first-order valence-corrected chi connectivity index (χ1v) is 11.3. The zero-order valence-electron chi connectivity index (χ0n) is 20.1. The molecule has 0 radical (unpaired) electrons. The number of dihydropyridines is 1. The van der Waals surface area contributed by atoms with Gasteiger partial charge in [0.05, 0.1) is 6.04 Å². The number of hydrogen-bond donors (Lipinski definition) is 2. The van der Waals surface area contributed by atoms with Gasteiger partial charge in [0.25, 0.3) is 11.8 Å². The average molecular weight is 470 g/mol. The van der Waals surface area contributed by atoms with Gasteiger partial charge in [-0.2, -0.15) is 0 Å². The summed E-state index contributed by atoms with van der Waals surface area (Å²) in [5, 5.41) is 2.83. The fraction of sp³-hybridized carbons (Fsp3) is 0.269. The van der Waals surface area contributed by atoms with E-state index in [1.54, 1.807) is 38.5 Å². The van der Waals surface area contributed by atoms with Crippen LogP contribution < -0.4 is 11.1 Å². The van der Waals surface area contributed by atoms with Gasteiger partial charge in [0, 0.05) is 37.1 Å². The SMILES string of the molecule is CC#CC(=O)N(C)[C@@H](C)c1nc(-c2ccc(C(=O)NC3=NCC(C)C=C3)cc2)c2c(N)nccn12. The standard InChI is InChI=1S/C26H27N7O2/c1-5-6-21(34)32(4)17(3)25-31-22(23-24(27)28-13-14-33(23)25)18-8-10-19(11-9-18)26(35)30-20-12-7-16(2)15-29-20/h7-14,16-17H,15H2,1-4H3,(H2,27,28)(H,29,30,35)/t16?,17-/m0/s1. The van der Waals surface area contributed by atoms with E-state index in [9.17, 15) is 9.59 Å². The Morgan fingerprint density at radius 1 is 1.29 bits per heavy atom. The van der Waals surface area contributed by atoms with E-state index in [1.807, 2.05) is 35.6 Å². The zero-order chi connectivity index (χ0) is 25.1. The summed E-state index contributed by atoms with van der Waals surface area (Å²) in [5.74, 6) is 6.50. The monoisotopic (exact) mass is 469 g/mol. The van der Waals surface area contributed by atoms with Crippen LogP contribution in [0.5, 0.6) is 0 Å². The highest BCUT2D eigenvalue weighted by molar-refractivity contribution is 6.10. The summed E-state index contributed by atoms with van der Waals surface area (Å²) < 4.78 is 1.83. The van der Waals surface area contributed by atoms with Crippen LogP contribution in [0.2, 0.25) is 0 Å². The molecule has 0 saturated carbocycles. The van der Waals surface area contributed by atoms with Crippen molar-refractivity contribution in [2.45, 2.75) is 26.8 Å². The summed E-state index contributed by atoms with van der Waals surface area (Å²) in [6.45, 7) is 6.22. The smallest absolute Gasteiger partial charge is 0.298 e. The number of benzene rings is 1. The minimum Gasteiger partial charge on any atom is -0.382 e. The highest BCUT2D eigenvalue weighted by atomic mass is 16.2. The minimum atomic E-state index is -0.372. The maximum Gasteiger partial charge on any atom is 0.298 e. The molecule has 0 fully saturated rings. The number of amides is 2. The second-order valence-electron chi connectivity index (χ2n) is 8.41. The molecule has 0 bridgehead atoms. The van der Waals surface area contributed by atoms with E-state index in [4.69, 9.17) is 10.7 Å². The van der Waals surface area contributed by atoms with Crippen LogP contribution in [0.25, 0.3) is 16.8 Å². The number of aromatic nitrogens is 3. The predicted octanol–water partition coefficient (Wildman–Crippen LogP) is 2.86. The molecule has 9 heteroatoms. The van der Waals surface area contributed by atoms with E-state index in [0.717, 1.165) is 5.56 Å². The van der Waals surface area contributed by atoms with E-state index in [2.05, 4.69) is 34.1 Å². The van der Waals surface area contributed by atoms with Crippen molar-refractivity contribution in [1.29, 1.82) is 0 Å². The fourth-order valence-electron chi connectivity index (χ4n) is 3.79. The van der Waals surface area contributed by atoms with Gasteiger partial charge < -0.3 is 16.0 Å². The van der Waals surface area contributed by atoms with Crippen LogP contribution in [-0.4, -0.2) is 50.5 Å². The number of nitrogen functional groups attached to an aromatic ring is 1. The molecule has 0 aliphatic carbocycles. The molecule has 3 N–H and O–H groups in total. The number of imidazole rings is 1. The van der Waals surface area contributed by atoms with Crippen molar-refractivity contribution >= 4 is 29.0 Å². The van der Waals surface area contributed by atoms with E-state index < -0.39 is 0 Å². The second-order valence-corrected chi connectivity index (χ2v) is 8.41. The van der Waals surface area contributed by atoms with Gasteiger partial charge in [-0.3, -0.25) is 19.0 Å². The molecule has 1 aliphatic heterocycles. The lowest BCUT2D eigenvalue weighted by molar-refractivity contribution is -0.125. The molecule has 0 saturated heterocycles. The highest BCUT2D eigenvalue weighted by Crippen LogP contribution is 2.31. The summed E-state index contributed by atoms with van der Waals surface area (Å²) in [7, 11) is 1.68. The molecule has 35 heavy (non-hydrogen) atoms. The van der Waals surface area contributed by atoms with Gasteiger partial charge >= 0.3 is 0 Å². The van der Waals surface area contributed by atoms with E-state index in [-0.39, 0.29) is 17.9 Å². The Morgan fingerprint density at radius 3 is 2.69 bits per heavy atom. The maximum atomic E-state index is 12.7. The summed E-state index contributed by atoms with van der Waals surface area (Å²) in [6, 6.07) is 6.72. The molecule has 178 valence electrons. The van der Waals surface area contributed by atoms with Crippen LogP contribution in [0, 0.1) is 17.8 Å². The Bertz CT molecular complexity index is 1410. The number of carbonyl (C=O) groups excluding carboxylic acids is 2. The Morgan fingerprint density at radius 2 is 2.03 bits per heavy atom. The third-order valence-corrected chi connectivity index (χ3v) is 5.91. The van der Waals surface area contributed by atoms with Crippen molar-refractivity contribution in [3.8, 4) is 23.1 Å². The van der Waals surface area contributed by atoms with E-state index in [1.165, 1.54) is 4.90 Å². The summed E-state index contributed by atoms with van der Waals surface area (Å²) in [5.41, 5.74) is 8.73. The molecule has 2 aromatic heterocycles. The van der Waals surface area contributed by atoms with Crippen molar-refractivity contribution in [2.75, 3.05) is 19.3 Å². The Kier molecular flexibility index (Phi) is 6.64. The first kappa shape index (κ1) is 23.7. The van der Waals surface area contributed by atoms with Crippen molar-refractivity contribution in [1.82, 2.24) is 24.6 Å². The molecule has 2 atom stereocenters. The number of amidine groups is 1. The second kappa shape index (κ2) is 9.81. The summed E-state index contributed by atoms with van der Waals surface area (Å²) in [6.07, 6.45) is 7.20. The van der Waals surface area contributed by atoms with Crippen LogP contribution >= 0.6 is 0 Å². The van der Waals surface area contributed by atoms with E-state index in [0.29, 0.717) is 46.7 Å². The largest absolute Gasteiger partial charge is 0.382 e. The highest BCUT2D eigenvalue weighted by Gasteiger charge is 2.24. The van der Waals surface area contributed by atoms with Gasteiger partial charge in [-0.1, -0.05) is 31.1 Å². The van der Waals surface area contributed by atoms with Crippen LogP contribution in [0.4, 0.5) is 5.82 Å². The number of nitrogens with two attached hydrogens (primary N) is 1. The molecule has 3 heterocycles. The normalized spacial score (nSPS) is 15.7. The Hall–Kier alpha value is -4.45. The molecule has 1 aliphatic rings. The van der Waals surface area contributed by atoms with Crippen molar-refractivity contribution < 1.29 is 9.59 Å². The summed E-state index contributed by atoms with van der Waals surface area (Å²) in [4.78, 5) is 39.9. The van der Waals surface area contributed by atoms with Gasteiger partial charge in [-0.05, 0) is 43.9 Å². The maximum absolute atomic E-state index is 12.7. The fourth-order valence-corrected chi connectivity index (χ4v) is 3.79. The van der Waals surface area contributed by atoms with Gasteiger partial charge in [0.1, 0.15) is 28.7 Å². The Balaban J connectivity index is 1.66. The van der Waals surface area contributed by atoms with Gasteiger partial charge in [-0.25, -0.2) is 9.97 Å². The number of fused-ring (bicyclic) bond motifs is 1. The van der Waals surface area contributed by atoms with Crippen molar-refractivity contribution in [3.05, 3.63) is 60.2 Å². The first-order valence-electron chi connectivity index (χ1n) is 11.3. The molecule has 1 aromatic carbocycles. The van der Waals surface area contributed by atoms with Crippen molar-refractivity contribution in [2.24, 2.45) is 10.9 Å². The predicted molar refractivity (Wildman–Crippen MR) is 136 cm³/mol. The van der Waals surface area contributed by atoms with Crippen LogP contribution in [-0.2, 0) is 4.79 Å². The number of nitrogens with one attached hydrogen (secondary N) is 1. The van der Waals surface area contributed by atoms with E-state index >= 15 is 0 Å². The third kappa shape index (κ3) is 4.77. The number of nitrogens with zero attached hydrogens (tertiary/aromatic N) is 5. The lowest BCUT2D eigenvalue weighted by Crippen LogP contribution is -2.31. The average Bonchev–Trinajstić information content (AvgIpc) is 3.25. The van der Waals surface area contributed by atoms with Crippen LogP contribution in [0.3, 0.4) is 0 Å². The third-order valence-electron chi connectivity index (χ3n) is 5.91. The van der Waals surface area contributed by atoms with Crippen molar-refractivity contribution in [3.63, 3.8) is 0 Å². The number of rotatable bonds is 4. The van der Waals surface area contributed by atoms with Crippen LogP contribution in [0.15, 0.2) is 53.8 Å². The minimum absolute atomic E-state index is 0.239. The lowest BCUT2D eigenvalue weighted by atomic mass is 10.1. The molecule has 9 nitrogen and oxygen atoms in total.